The van der Waals surface area contributed by atoms with Gasteiger partial charge in [0.25, 0.3) is 5.91 Å². The van der Waals surface area contributed by atoms with Gasteiger partial charge in [-0.2, -0.15) is 4.39 Å². The maximum absolute atomic E-state index is 15.1. The zero-order valence-electron chi connectivity index (χ0n) is 17.6. The van der Waals surface area contributed by atoms with E-state index in [1.165, 1.54) is 9.96 Å². The second-order valence-corrected chi connectivity index (χ2v) is 9.39. The highest BCUT2D eigenvalue weighted by atomic mass is 19.1. The minimum Gasteiger partial charge on any atom is -0.346 e. The van der Waals surface area contributed by atoms with Crippen LogP contribution in [0.15, 0.2) is 48.7 Å². The zero-order chi connectivity index (χ0) is 21.2. The van der Waals surface area contributed by atoms with Gasteiger partial charge in [-0.25, -0.2) is 4.98 Å². The minimum atomic E-state index is -0.599. The van der Waals surface area contributed by atoms with Crippen LogP contribution < -0.4 is 5.32 Å². The van der Waals surface area contributed by atoms with Crippen LogP contribution in [0.3, 0.4) is 0 Å². The summed E-state index contributed by atoms with van der Waals surface area (Å²) in [6.45, 7) is 7.75. The number of fused-ring (bicyclic) bond motifs is 2. The molecule has 1 amide bonds. The molecule has 7 rings (SSSR count). The van der Waals surface area contributed by atoms with Crippen molar-refractivity contribution in [3.05, 3.63) is 71.4 Å². The molecule has 31 heavy (non-hydrogen) atoms. The van der Waals surface area contributed by atoms with Gasteiger partial charge in [-0.15, -0.1) is 0 Å². The number of hydrogen-bond acceptors (Lipinski definition) is 4. The summed E-state index contributed by atoms with van der Waals surface area (Å²) in [5, 5.41) is 3.25. The molecule has 0 saturated carbocycles. The molecule has 4 saturated heterocycles. The summed E-state index contributed by atoms with van der Waals surface area (Å²) >= 11 is 0. The third-order valence-corrected chi connectivity index (χ3v) is 7.35. The van der Waals surface area contributed by atoms with E-state index in [4.69, 9.17) is 0 Å². The van der Waals surface area contributed by atoms with Crippen LogP contribution in [0.5, 0.6) is 0 Å². The first-order chi connectivity index (χ1) is 15.0. The van der Waals surface area contributed by atoms with Crippen LogP contribution in [0.4, 0.5) is 4.39 Å². The van der Waals surface area contributed by atoms with Gasteiger partial charge < -0.3 is 15.1 Å². The number of halogens is 1. The minimum absolute atomic E-state index is 0.0565. The molecular weight excluding hydrogens is 393 g/mol. The highest BCUT2D eigenvalue weighted by Gasteiger charge is 2.55. The topological polar surface area (TPSA) is 52.9 Å². The Morgan fingerprint density at radius 1 is 1.10 bits per heavy atom. The molecule has 4 aliphatic rings. The van der Waals surface area contributed by atoms with Crippen LogP contribution in [0.25, 0.3) is 5.65 Å². The molecule has 1 aromatic carbocycles. The van der Waals surface area contributed by atoms with Gasteiger partial charge in [-0.1, -0.05) is 36.4 Å². The molecule has 2 aromatic heterocycles. The lowest BCUT2D eigenvalue weighted by atomic mass is 9.64. The van der Waals surface area contributed by atoms with Crippen molar-refractivity contribution >= 4 is 11.6 Å². The molecule has 3 atom stereocenters. The number of aromatic nitrogens is 2. The maximum atomic E-state index is 15.1. The van der Waals surface area contributed by atoms with E-state index in [9.17, 15) is 4.79 Å². The lowest BCUT2D eigenvalue weighted by molar-refractivity contribution is 0.0178. The normalized spacial score (nSPS) is 31.7. The fourth-order valence-corrected chi connectivity index (χ4v) is 6.04. The molecule has 0 radical (unpaired) electrons. The summed E-state index contributed by atoms with van der Waals surface area (Å²) in [5.41, 5.74) is 2.28. The van der Waals surface area contributed by atoms with Gasteiger partial charge in [0.15, 0.2) is 5.69 Å². The highest BCUT2D eigenvalue weighted by Crippen LogP contribution is 2.43. The quantitative estimate of drug-likeness (QED) is 0.706. The van der Waals surface area contributed by atoms with Gasteiger partial charge in [0.05, 0.1) is 0 Å². The number of amides is 1. The maximum Gasteiger partial charge on any atom is 0.274 e. The molecule has 7 heteroatoms. The van der Waals surface area contributed by atoms with Crippen molar-refractivity contribution in [1.29, 1.82) is 0 Å². The number of nitrogens with zero attached hydrogens (tertiary/aromatic N) is 4. The molecular formula is C24H26FN5O. The first kappa shape index (κ1) is 19.0. The van der Waals surface area contributed by atoms with E-state index < -0.39 is 11.9 Å². The summed E-state index contributed by atoms with van der Waals surface area (Å²) in [5.74, 6) is -0.717. The number of aryl methyl sites for hydroxylation is 1. The van der Waals surface area contributed by atoms with E-state index >= 15 is 4.39 Å². The van der Waals surface area contributed by atoms with Gasteiger partial charge in [-0.3, -0.25) is 9.20 Å². The third kappa shape index (κ3) is 2.91. The van der Waals surface area contributed by atoms with Crippen molar-refractivity contribution in [2.45, 2.75) is 18.4 Å². The average molecular weight is 420 g/mol. The number of nitrogens with one attached hydrogen (secondary N) is 1. The SMILES string of the molecule is Cc1ccc2nc(C(=O)NC3C4CN5CCN(C4)CC3(c3ccccc3)C5)c(F)n2c1. The number of hydrogen-bond donors (Lipinski definition) is 1. The number of carbonyl (C=O) groups excluding carboxylic acids is 1. The van der Waals surface area contributed by atoms with Crippen molar-refractivity contribution in [1.82, 2.24) is 24.5 Å². The molecule has 6 nitrogen and oxygen atoms in total. The molecule has 6 heterocycles. The van der Waals surface area contributed by atoms with Crippen LogP contribution >= 0.6 is 0 Å². The fraction of sp³-hybridized carbons (Fsp3) is 0.417. The lowest BCUT2D eigenvalue weighted by Gasteiger charge is -2.55. The predicted molar refractivity (Wildman–Crippen MR) is 116 cm³/mol. The number of benzene rings is 1. The Morgan fingerprint density at radius 3 is 2.52 bits per heavy atom. The lowest BCUT2D eigenvalue weighted by Crippen LogP contribution is -2.70. The van der Waals surface area contributed by atoms with Crippen molar-refractivity contribution in [3.63, 3.8) is 0 Å². The third-order valence-electron chi connectivity index (χ3n) is 7.35. The summed E-state index contributed by atoms with van der Waals surface area (Å²) in [4.78, 5) is 22.7. The molecule has 0 spiro atoms. The molecule has 3 aromatic rings. The average Bonchev–Trinajstić information content (AvgIpc) is 2.91. The molecule has 0 aliphatic carbocycles. The van der Waals surface area contributed by atoms with Crippen LogP contribution in [-0.4, -0.2) is 70.4 Å². The Kier molecular flexibility index (Phi) is 4.20. The Morgan fingerprint density at radius 2 is 1.81 bits per heavy atom. The largest absolute Gasteiger partial charge is 0.346 e. The van der Waals surface area contributed by atoms with Crippen LogP contribution in [0, 0.1) is 18.8 Å². The van der Waals surface area contributed by atoms with E-state index in [1.807, 2.05) is 19.1 Å². The number of piperidine rings is 2. The van der Waals surface area contributed by atoms with Crippen LogP contribution in [0.1, 0.15) is 21.6 Å². The summed E-state index contributed by atoms with van der Waals surface area (Å²) in [7, 11) is 0. The van der Waals surface area contributed by atoms with Gasteiger partial charge in [0.1, 0.15) is 5.65 Å². The summed E-state index contributed by atoms with van der Waals surface area (Å²) in [6, 6.07) is 14.1. The second-order valence-electron chi connectivity index (χ2n) is 9.39. The van der Waals surface area contributed by atoms with Gasteiger partial charge in [-0.05, 0) is 24.1 Å². The Balaban J connectivity index is 1.39. The van der Waals surface area contributed by atoms with Gasteiger partial charge >= 0.3 is 0 Å². The predicted octanol–water partition coefficient (Wildman–Crippen LogP) is 2.08. The molecule has 4 aliphatic heterocycles. The Hall–Kier alpha value is -2.77. The molecule has 1 N–H and O–H groups in total. The molecule has 160 valence electrons. The number of rotatable bonds is 3. The second kappa shape index (κ2) is 6.87. The monoisotopic (exact) mass is 419 g/mol. The molecule has 3 unspecified atom stereocenters. The zero-order valence-corrected chi connectivity index (χ0v) is 17.6. The first-order valence-electron chi connectivity index (χ1n) is 11.0. The Bertz CT molecular complexity index is 1140. The van der Waals surface area contributed by atoms with Crippen LogP contribution in [0.2, 0.25) is 0 Å². The molecule has 4 bridgehead atoms. The molecule has 4 fully saturated rings. The number of carbonyl (C=O) groups is 1. The number of pyridine rings is 1. The highest BCUT2D eigenvalue weighted by molar-refractivity contribution is 5.93. The van der Waals surface area contributed by atoms with E-state index in [0.717, 1.165) is 44.8 Å². The van der Waals surface area contributed by atoms with E-state index in [1.54, 1.807) is 12.3 Å². The number of imidazole rings is 1. The van der Waals surface area contributed by atoms with E-state index in [0.29, 0.717) is 11.6 Å². The smallest absolute Gasteiger partial charge is 0.274 e. The Labute approximate surface area is 180 Å². The summed E-state index contributed by atoms with van der Waals surface area (Å²) < 4.78 is 16.4. The van der Waals surface area contributed by atoms with Crippen LogP contribution in [-0.2, 0) is 5.41 Å². The van der Waals surface area contributed by atoms with Gasteiger partial charge in [0, 0.05) is 62.8 Å². The van der Waals surface area contributed by atoms with E-state index in [2.05, 4.69) is 44.4 Å². The van der Waals surface area contributed by atoms with Crippen molar-refractivity contribution in [2.24, 2.45) is 5.92 Å². The summed E-state index contributed by atoms with van der Waals surface area (Å²) in [6.07, 6.45) is 1.67. The van der Waals surface area contributed by atoms with Crippen molar-refractivity contribution in [2.75, 3.05) is 39.3 Å². The van der Waals surface area contributed by atoms with Gasteiger partial charge in [0.2, 0.25) is 5.95 Å². The fourth-order valence-electron chi connectivity index (χ4n) is 6.04. The van der Waals surface area contributed by atoms with Crippen molar-refractivity contribution in [3.8, 4) is 0 Å². The standard InChI is InChI=1S/C24H26FN5O/c1-16-7-8-19-26-20(22(25)30(19)11-16)23(31)27-21-17-12-28-9-10-29(13-17)15-24(21,14-28)18-5-3-2-4-6-18/h2-8,11,17,21H,9-10,12-15H2,1H3,(H,27,31). The van der Waals surface area contributed by atoms with E-state index in [-0.39, 0.29) is 17.2 Å². The van der Waals surface area contributed by atoms with Crippen molar-refractivity contribution < 1.29 is 9.18 Å². The first-order valence-corrected chi connectivity index (χ1v) is 11.0.